The quantitative estimate of drug-likeness (QED) is 0.149. The molecule has 3 aromatic rings. The second kappa shape index (κ2) is 13.2. The molecule has 0 radical (unpaired) electrons. The maximum absolute atomic E-state index is 12.9. The van der Waals surface area contributed by atoms with Crippen LogP contribution in [0, 0.1) is 5.41 Å². The van der Waals surface area contributed by atoms with E-state index in [0.717, 1.165) is 22.3 Å². The molecule has 1 heterocycles. The van der Waals surface area contributed by atoms with Crippen LogP contribution in [0.3, 0.4) is 0 Å². The van der Waals surface area contributed by atoms with Crippen molar-refractivity contribution in [1.82, 2.24) is 0 Å². The van der Waals surface area contributed by atoms with Gasteiger partial charge >= 0.3 is 5.97 Å². The number of aliphatic hydroxyl groups is 2. The summed E-state index contributed by atoms with van der Waals surface area (Å²) in [5, 5.41) is 21.8. The van der Waals surface area contributed by atoms with Crippen molar-refractivity contribution in [2.45, 2.75) is 90.0 Å². The molecule has 0 aliphatic rings. The van der Waals surface area contributed by atoms with Crippen molar-refractivity contribution in [2.75, 3.05) is 13.2 Å². The summed E-state index contributed by atoms with van der Waals surface area (Å²) < 4.78 is 17.4. The van der Waals surface area contributed by atoms with E-state index < -0.39 is 34.7 Å². The number of carbonyl (C=O) groups excluding carboxylic acids is 1. The summed E-state index contributed by atoms with van der Waals surface area (Å²) in [5.74, 6) is 1.08. The van der Waals surface area contributed by atoms with Gasteiger partial charge in [-0.05, 0) is 84.9 Å². The molecule has 2 aromatic carbocycles. The summed E-state index contributed by atoms with van der Waals surface area (Å²) in [6, 6.07) is 17.6. The number of hydrogen-bond donors (Lipinski definition) is 4. The smallest absolute Gasteiger partial charge is 0.313 e. The second-order valence-electron chi connectivity index (χ2n) is 12.3. The van der Waals surface area contributed by atoms with Gasteiger partial charge in [-0.1, -0.05) is 30.3 Å². The van der Waals surface area contributed by atoms with Gasteiger partial charge in [-0.3, -0.25) is 4.79 Å². The van der Waals surface area contributed by atoms with E-state index in [1.807, 2.05) is 68.4 Å². The van der Waals surface area contributed by atoms with E-state index in [9.17, 15) is 15.0 Å². The van der Waals surface area contributed by atoms with Crippen molar-refractivity contribution >= 4 is 16.9 Å². The minimum atomic E-state index is -0.963. The summed E-state index contributed by atoms with van der Waals surface area (Å²) in [7, 11) is 0. The van der Waals surface area contributed by atoms with Gasteiger partial charge in [0.05, 0.1) is 30.8 Å². The third kappa shape index (κ3) is 8.54. The standard InChI is InChI=1S/C32H46N2O6/c1-30(2,33)21-32(5,31(3,4)34)29(37)39-18-10-14-26(36)25(35)13-9-17-38-24-16-15-23-19-27(40-28(23)20-24)22-11-7-6-8-12-22/h6-8,11-12,15-16,19-20,25-26,35-36H,9-10,13-14,17-18,21,33-34H2,1-5H3. The molecule has 8 nitrogen and oxygen atoms in total. The van der Waals surface area contributed by atoms with Gasteiger partial charge in [-0.15, -0.1) is 0 Å². The lowest BCUT2D eigenvalue weighted by Crippen LogP contribution is -2.58. The monoisotopic (exact) mass is 554 g/mol. The van der Waals surface area contributed by atoms with E-state index in [1.165, 1.54) is 0 Å². The Balaban J connectivity index is 1.38. The largest absolute Gasteiger partial charge is 0.493 e. The van der Waals surface area contributed by atoms with Gasteiger partial charge in [-0.2, -0.15) is 0 Å². The highest BCUT2D eigenvalue weighted by Gasteiger charge is 2.48. The Bertz CT molecular complexity index is 1230. The van der Waals surface area contributed by atoms with Crippen LogP contribution >= 0.6 is 0 Å². The van der Waals surface area contributed by atoms with Crippen molar-refractivity contribution in [3.05, 3.63) is 54.6 Å². The fourth-order valence-corrected chi connectivity index (χ4v) is 4.80. The molecule has 220 valence electrons. The molecule has 0 saturated heterocycles. The van der Waals surface area contributed by atoms with Crippen LogP contribution in [0.15, 0.2) is 59.0 Å². The van der Waals surface area contributed by atoms with Gasteiger partial charge in [0.1, 0.15) is 17.1 Å². The number of furan rings is 1. The van der Waals surface area contributed by atoms with E-state index in [2.05, 4.69) is 0 Å². The molecule has 0 bridgehead atoms. The zero-order chi connectivity index (χ0) is 29.6. The molecule has 0 spiro atoms. The molecule has 3 rings (SSSR count). The molecule has 40 heavy (non-hydrogen) atoms. The molecule has 0 fully saturated rings. The van der Waals surface area contributed by atoms with Gasteiger partial charge in [0.25, 0.3) is 0 Å². The Labute approximate surface area is 237 Å². The van der Waals surface area contributed by atoms with Crippen LogP contribution in [-0.2, 0) is 9.53 Å². The van der Waals surface area contributed by atoms with Crippen LogP contribution in [0.25, 0.3) is 22.3 Å². The number of hydrogen-bond acceptors (Lipinski definition) is 8. The summed E-state index contributed by atoms with van der Waals surface area (Å²) in [5.41, 5.74) is 11.9. The van der Waals surface area contributed by atoms with Crippen LogP contribution in [0.1, 0.15) is 66.7 Å². The van der Waals surface area contributed by atoms with E-state index >= 15 is 0 Å². The number of carbonyl (C=O) groups is 1. The Kier molecular flexibility index (Phi) is 10.4. The third-order valence-corrected chi connectivity index (χ3v) is 7.47. The molecule has 3 unspecified atom stereocenters. The van der Waals surface area contributed by atoms with Crippen molar-refractivity contribution in [2.24, 2.45) is 16.9 Å². The molecule has 0 aliphatic carbocycles. The van der Waals surface area contributed by atoms with E-state index in [0.29, 0.717) is 44.5 Å². The zero-order valence-electron chi connectivity index (χ0n) is 24.5. The number of benzene rings is 2. The first-order valence-electron chi connectivity index (χ1n) is 14.0. The second-order valence-corrected chi connectivity index (χ2v) is 12.3. The van der Waals surface area contributed by atoms with E-state index in [1.54, 1.807) is 20.8 Å². The molecule has 0 saturated carbocycles. The number of fused-ring (bicyclic) bond motifs is 1. The highest BCUT2D eigenvalue weighted by molar-refractivity contribution is 5.84. The lowest BCUT2D eigenvalue weighted by molar-refractivity contribution is -0.160. The Morgan fingerprint density at radius 3 is 2.12 bits per heavy atom. The average Bonchev–Trinajstić information content (AvgIpc) is 3.31. The predicted molar refractivity (Wildman–Crippen MR) is 158 cm³/mol. The van der Waals surface area contributed by atoms with Crippen molar-refractivity contribution in [3.8, 4) is 17.1 Å². The maximum Gasteiger partial charge on any atom is 0.313 e. The van der Waals surface area contributed by atoms with Crippen LogP contribution in [-0.4, -0.2) is 52.7 Å². The SMILES string of the molecule is CC(C)(N)CC(C)(C(=O)OCCCC(O)C(O)CCCOc1ccc2cc(-c3ccccc3)oc2c1)C(C)(C)N. The third-order valence-electron chi connectivity index (χ3n) is 7.47. The van der Waals surface area contributed by atoms with Gasteiger partial charge in [0, 0.05) is 28.1 Å². The zero-order valence-corrected chi connectivity index (χ0v) is 24.5. The Morgan fingerprint density at radius 1 is 0.900 bits per heavy atom. The first-order valence-corrected chi connectivity index (χ1v) is 14.0. The van der Waals surface area contributed by atoms with Gasteiger partial charge in [-0.25, -0.2) is 0 Å². The fourth-order valence-electron chi connectivity index (χ4n) is 4.80. The van der Waals surface area contributed by atoms with Crippen molar-refractivity contribution in [3.63, 3.8) is 0 Å². The first kappa shape index (κ1) is 31.6. The van der Waals surface area contributed by atoms with Gasteiger partial charge < -0.3 is 35.6 Å². The normalized spacial score (nSPS) is 15.4. The molecule has 8 heteroatoms. The molecular weight excluding hydrogens is 508 g/mol. The minimum absolute atomic E-state index is 0.129. The van der Waals surface area contributed by atoms with Gasteiger partial charge in [0.2, 0.25) is 0 Å². The topological polar surface area (TPSA) is 141 Å². The summed E-state index contributed by atoms with van der Waals surface area (Å²) in [4.78, 5) is 12.9. The number of rotatable bonds is 15. The number of aliphatic hydroxyl groups excluding tert-OH is 2. The summed E-state index contributed by atoms with van der Waals surface area (Å²) in [6.45, 7) is 9.59. The fraction of sp³-hybridized carbons (Fsp3) is 0.531. The van der Waals surface area contributed by atoms with Gasteiger partial charge in [0.15, 0.2) is 0 Å². The molecule has 0 aliphatic heterocycles. The summed E-state index contributed by atoms with van der Waals surface area (Å²) >= 11 is 0. The highest BCUT2D eigenvalue weighted by atomic mass is 16.5. The number of nitrogens with two attached hydrogens (primary N) is 2. The van der Waals surface area contributed by atoms with Crippen LogP contribution in [0.4, 0.5) is 0 Å². The minimum Gasteiger partial charge on any atom is -0.493 e. The molecule has 1 aromatic heterocycles. The maximum atomic E-state index is 12.9. The Hall–Kier alpha value is -2.91. The van der Waals surface area contributed by atoms with Crippen molar-refractivity contribution < 1.29 is 28.9 Å². The lowest BCUT2D eigenvalue weighted by Gasteiger charge is -2.42. The highest BCUT2D eigenvalue weighted by Crippen LogP contribution is 2.38. The average molecular weight is 555 g/mol. The molecule has 3 atom stereocenters. The lowest BCUT2D eigenvalue weighted by atomic mass is 9.67. The van der Waals surface area contributed by atoms with Crippen LogP contribution < -0.4 is 16.2 Å². The first-order chi connectivity index (χ1) is 18.7. The molecule has 0 amide bonds. The van der Waals surface area contributed by atoms with Crippen molar-refractivity contribution in [1.29, 1.82) is 0 Å². The Morgan fingerprint density at radius 2 is 1.52 bits per heavy atom. The number of ether oxygens (including phenoxy) is 2. The number of esters is 1. The van der Waals surface area contributed by atoms with E-state index in [-0.39, 0.29) is 6.61 Å². The predicted octanol–water partition coefficient (Wildman–Crippen LogP) is 5.18. The molecular formula is C32H46N2O6. The summed E-state index contributed by atoms with van der Waals surface area (Å²) in [6.07, 6.45) is 0.225. The van der Waals surface area contributed by atoms with Crippen LogP contribution in [0.5, 0.6) is 5.75 Å². The van der Waals surface area contributed by atoms with E-state index in [4.69, 9.17) is 25.4 Å². The molecule has 6 N–H and O–H groups in total. The van der Waals surface area contributed by atoms with Crippen LogP contribution in [0.2, 0.25) is 0 Å².